The molecule has 0 unspecified atom stereocenters. The zero-order valence-corrected chi connectivity index (χ0v) is 34.6. The molecule has 3 N–H and O–H groups in total. The van der Waals surface area contributed by atoms with Crippen LogP contribution in [-0.4, -0.2) is 118 Å². The van der Waals surface area contributed by atoms with E-state index in [1.807, 2.05) is 64.2 Å². The Morgan fingerprint density at radius 2 is 1.05 bits per heavy atom. The first kappa shape index (κ1) is 51.9. The number of hydrogen-bond donors (Lipinski definition) is 3. The summed E-state index contributed by atoms with van der Waals surface area (Å²) in [6.45, 7) is 15.8. The van der Waals surface area contributed by atoms with E-state index in [4.69, 9.17) is 38.3 Å². The Kier molecular flexibility index (Phi) is 35.0. The molecular weight excluding hydrogens is 715 g/mol. The molecule has 2 radical (unpaired) electrons. The SMILES string of the molecule is C1CCOC1.CCOCCOc1cccc(CC(=O)NC)c1.CCOCCOc1cccc(CC(=O)O)c1.CCOCCOc1cccc(CCNC)c1.[B]C. The zero-order valence-electron chi connectivity index (χ0n) is 34.6. The van der Waals surface area contributed by atoms with Gasteiger partial charge in [0.1, 0.15) is 37.1 Å². The Balaban J connectivity index is 0.000000744. The average Bonchev–Trinajstić information content (AvgIpc) is 3.82. The molecule has 0 atom stereocenters. The monoisotopic (exact) mass is 782 g/mol. The molecule has 1 saturated heterocycles. The summed E-state index contributed by atoms with van der Waals surface area (Å²) in [7, 11) is 8.09. The van der Waals surface area contributed by atoms with Gasteiger partial charge in [0.2, 0.25) is 5.91 Å². The highest BCUT2D eigenvalue weighted by Crippen LogP contribution is 2.15. The summed E-state index contributed by atoms with van der Waals surface area (Å²) in [6.07, 6.45) is 3.97. The molecule has 0 bridgehead atoms. The number of nitrogens with one attached hydrogen (secondary N) is 2. The topological polar surface area (TPSA) is 143 Å². The van der Waals surface area contributed by atoms with Crippen molar-refractivity contribution < 1.29 is 47.9 Å². The van der Waals surface area contributed by atoms with Crippen LogP contribution in [0.25, 0.3) is 0 Å². The van der Waals surface area contributed by atoms with E-state index in [0.717, 1.165) is 55.4 Å². The zero-order chi connectivity index (χ0) is 41.5. The maximum Gasteiger partial charge on any atom is 0.307 e. The number of rotatable bonds is 22. The summed E-state index contributed by atoms with van der Waals surface area (Å²) < 4.78 is 37.0. The minimum Gasteiger partial charge on any atom is -0.491 e. The number of carbonyl (C=O) groups excluding carboxylic acids is 1. The molecule has 312 valence electrons. The van der Waals surface area contributed by atoms with Gasteiger partial charge in [-0.05, 0) is 107 Å². The quantitative estimate of drug-likeness (QED) is 0.0819. The van der Waals surface area contributed by atoms with E-state index >= 15 is 0 Å². The predicted molar refractivity (Wildman–Crippen MR) is 224 cm³/mol. The molecular formula is C43H67BN2O10. The summed E-state index contributed by atoms with van der Waals surface area (Å²) in [6, 6.07) is 22.8. The number of carboxylic acids is 1. The van der Waals surface area contributed by atoms with Crippen LogP contribution in [-0.2, 0) is 47.8 Å². The van der Waals surface area contributed by atoms with Crippen LogP contribution in [0.3, 0.4) is 0 Å². The van der Waals surface area contributed by atoms with E-state index in [0.29, 0.717) is 65.0 Å². The highest BCUT2D eigenvalue weighted by atomic mass is 16.5. The van der Waals surface area contributed by atoms with Crippen LogP contribution in [0.1, 0.15) is 50.3 Å². The summed E-state index contributed by atoms with van der Waals surface area (Å²) in [5, 5.41) is 14.4. The van der Waals surface area contributed by atoms with Crippen molar-refractivity contribution in [2.24, 2.45) is 0 Å². The van der Waals surface area contributed by atoms with E-state index in [-0.39, 0.29) is 12.3 Å². The van der Waals surface area contributed by atoms with Crippen molar-refractivity contribution in [1.82, 2.24) is 10.6 Å². The third-order valence-electron chi connectivity index (χ3n) is 7.29. The van der Waals surface area contributed by atoms with E-state index < -0.39 is 5.97 Å². The van der Waals surface area contributed by atoms with Crippen LogP contribution in [0.15, 0.2) is 72.8 Å². The minimum absolute atomic E-state index is 0.00327. The molecule has 3 aromatic carbocycles. The van der Waals surface area contributed by atoms with Gasteiger partial charge in [0, 0.05) is 40.1 Å². The predicted octanol–water partition coefficient (Wildman–Crippen LogP) is 5.98. The van der Waals surface area contributed by atoms with Gasteiger partial charge in [-0.1, -0.05) is 43.2 Å². The van der Waals surface area contributed by atoms with Crippen LogP contribution in [0.4, 0.5) is 0 Å². The van der Waals surface area contributed by atoms with Gasteiger partial charge in [0.25, 0.3) is 0 Å². The number of carboxylic acid groups (broad SMARTS) is 1. The number of amides is 1. The van der Waals surface area contributed by atoms with Gasteiger partial charge in [-0.2, -0.15) is 0 Å². The van der Waals surface area contributed by atoms with E-state index in [2.05, 4.69) is 30.6 Å². The van der Waals surface area contributed by atoms with Crippen molar-refractivity contribution in [3.8, 4) is 17.2 Å². The molecule has 3 aromatic rings. The fourth-order valence-electron chi connectivity index (χ4n) is 4.60. The van der Waals surface area contributed by atoms with Crippen molar-refractivity contribution >= 4 is 19.7 Å². The molecule has 0 aromatic heterocycles. The molecule has 1 heterocycles. The summed E-state index contributed by atoms with van der Waals surface area (Å²) in [5.41, 5.74) is 2.97. The van der Waals surface area contributed by atoms with Crippen molar-refractivity contribution in [2.45, 2.75) is 59.7 Å². The number of ether oxygens (including phenoxy) is 7. The van der Waals surface area contributed by atoms with Crippen molar-refractivity contribution in [3.05, 3.63) is 89.5 Å². The lowest BCUT2D eigenvalue weighted by atomic mass is 10.1. The fraction of sp³-hybridized carbons (Fsp3) is 0.535. The van der Waals surface area contributed by atoms with Gasteiger partial charge in [-0.25, -0.2) is 0 Å². The molecule has 4 rings (SSSR count). The first-order valence-electron chi connectivity index (χ1n) is 19.5. The maximum absolute atomic E-state index is 11.2. The highest BCUT2D eigenvalue weighted by molar-refractivity contribution is 6.05. The molecule has 0 spiro atoms. The Morgan fingerprint density at radius 1 is 0.643 bits per heavy atom. The van der Waals surface area contributed by atoms with Crippen LogP contribution < -0.4 is 24.8 Å². The van der Waals surface area contributed by atoms with Crippen LogP contribution in [0, 0.1) is 0 Å². The molecule has 1 amide bonds. The second-order valence-corrected chi connectivity index (χ2v) is 11.7. The van der Waals surface area contributed by atoms with Crippen LogP contribution in [0.5, 0.6) is 17.2 Å². The van der Waals surface area contributed by atoms with Gasteiger partial charge in [-0.3, -0.25) is 9.59 Å². The number of likely N-dealkylation sites (N-methyl/N-ethyl adjacent to an activating group) is 2. The molecule has 0 aliphatic carbocycles. The number of aliphatic carboxylic acids is 1. The molecule has 12 nitrogen and oxygen atoms in total. The summed E-state index contributed by atoms with van der Waals surface area (Å²) >= 11 is 0. The molecule has 56 heavy (non-hydrogen) atoms. The fourth-order valence-corrected chi connectivity index (χ4v) is 4.60. The molecule has 1 fully saturated rings. The molecule has 1 aliphatic heterocycles. The van der Waals surface area contributed by atoms with Gasteiger partial charge < -0.3 is 48.9 Å². The lowest BCUT2D eigenvalue weighted by Crippen LogP contribution is -2.19. The van der Waals surface area contributed by atoms with Crippen molar-refractivity contribution in [2.75, 3.05) is 93.3 Å². The Morgan fingerprint density at radius 3 is 1.41 bits per heavy atom. The normalized spacial score (nSPS) is 11.1. The maximum atomic E-state index is 11.2. The second-order valence-electron chi connectivity index (χ2n) is 11.7. The first-order chi connectivity index (χ1) is 27.3. The Labute approximate surface area is 337 Å². The Hall–Kier alpha value is -4.14. The van der Waals surface area contributed by atoms with E-state index in [9.17, 15) is 9.59 Å². The second kappa shape index (κ2) is 37.8. The lowest BCUT2D eigenvalue weighted by molar-refractivity contribution is -0.136. The highest BCUT2D eigenvalue weighted by Gasteiger charge is 2.03. The smallest absolute Gasteiger partial charge is 0.307 e. The van der Waals surface area contributed by atoms with Crippen molar-refractivity contribution in [3.63, 3.8) is 0 Å². The van der Waals surface area contributed by atoms with Gasteiger partial charge in [0.05, 0.1) is 40.5 Å². The van der Waals surface area contributed by atoms with Gasteiger partial charge >= 0.3 is 5.97 Å². The lowest BCUT2D eigenvalue weighted by Gasteiger charge is -2.08. The Bertz CT molecular complexity index is 1370. The average molecular weight is 783 g/mol. The standard InChI is InChI=1S/C13H19NO3.C13H21NO2.C12H16O4.C4H8O.CH3B/c1-3-16-7-8-17-12-6-4-5-11(9-12)10-13(15)14-2;1-3-15-9-10-16-13-6-4-5-12(11-13)7-8-14-2;1-2-15-6-7-16-11-5-3-4-10(8-11)9-12(13)14;1-2-4-5-3-1;1-2/h4-6,9H,3,7-8,10H2,1-2H3,(H,14,15);4-6,11,14H,3,7-10H2,1-2H3;3-5,8H,2,6-7,9H2,1H3,(H,13,14);1-4H2;1H3. The molecule has 1 aliphatic rings. The first-order valence-corrected chi connectivity index (χ1v) is 19.5. The van der Waals surface area contributed by atoms with Crippen LogP contribution >= 0.6 is 0 Å². The van der Waals surface area contributed by atoms with Crippen LogP contribution in [0.2, 0.25) is 6.82 Å². The molecule has 13 heteroatoms. The van der Waals surface area contributed by atoms with Crippen molar-refractivity contribution in [1.29, 1.82) is 0 Å². The largest absolute Gasteiger partial charge is 0.491 e. The third kappa shape index (κ3) is 30.1. The van der Waals surface area contributed by atoms with E-state index in [1.165, 1.54) is 25.2 Å². The third-order valence-corrected chi connectivity index (χ3v) is 7.29. The van der Waals surface area contributed by atoms with E-state index in [1.54, 1.807) is 31.3 Å². The summed E-state index contributed by atoms with van der Waals surface area (Å²) in [4.78, 5) is 21.7. The summed E-state index contributed by atoms with van der Waals surface area (Å²) in [5.74, 6) is 1.53. The number of hydrogen-bond acceptors (Lipinski definition) is 10. The van der Waals surface area contributed by atoms with Gasteiger partial charge in [0.15, 0.2) is 0 Å². The number of benzene rings is 3. The van der Waals surface area contributed by atoms with Gasteiger partial charge in [-0.15, -0.1) is 0 Å². The minimum atomic E-state index is -0.841. The molecule has 0 saturated carbocycles. The number of carbonyl (C=O) groups is 2.